The number of amides is 1. The molecular weight excluding hydrogens is 190 g/mol. The first kappa shape index (κ1) is 10.1. The van der Waals surface area contributed by atoms with Crippen molar-refractivity contribution in [1.29, 1.82) is 0 Å². The largest absolute Gasteiger partial charge is 0.347 e. The predicted molar refractivity (Wildman–Crippen MR) is 57.6 cm³/mol. The van der Waals surface area contributed by atoms with E-state index in [9.17, 15) is 4.79 Å². The Morgan fingerprint density at radius 1 is 1.60 bits per heavy atom. The minimum atomic E-state index is -0.0732. The highest BCUT2D eigenvalue weighted by atomic mass is 16.1. The number of likely N-dealkylation sites (tertiary alicyclic amines) is 1. The van der Waals surface area contributed by atoms with Crippen LogP contribution in [0.2, 0.25) is 0 Å². The van der Waals surface area contributed by atoms with Crippen molar-refractivity contribution in [3.8, 4) is 0 Å². The molecule has 0 unspecified atom stereocenters. The van der Waals surface area contributed by atoms with Crippen LogP contribution in [0.1, 0.15) is 16.9 Å². The SMILES string of the molecule is CN1CC[C@@H](NC(=O)c2ccccn2)C1. The molecule has 1 aliphatic rings. The van der Waals surface area contributed by atoms with Crippen molar-refractivity contribution >= 4 is 5.91 Å². The van der Waals surface area contributed by atoms with Gasteiger partial charge in [0, 0.05) is 18.8 Å². The number of carbonyl (C=O) groups excluding carboxylic acids is 1. The first-order valence-corrected chi connectivity index (χ1v) is 5.16. The Morgan fingerprint density at radius 3 is 3.07 bits per heavy atom. The number of aromatic nitrogens is 1. The van der Waals surface area contributed by atoms with Gasteiger partial charge in [0.25, 0.3) is 5.91 Å². The average Bonchev–Trinajstić information content (AvgIpc) is 2.65. The van der Waals surface area contributed by atoms with Crippen molar-refractivity contribution in [3.05, 3.63) is 30.1 Å². The number of nitrogens with one attached hydrogen (secondary N) is 1. The monoisotopic (exact) mass is 205 g/mol. The summed E-state index contributed by atoms with van der Waals surface area (Å²) in [5.74, 6) is -0.0732. The molecule has 80 valence electrons. The lowest BCUT2D eigenvalue weighted by atomic mass is 10.2. The van der Waals surface area contributed by atoms with Gasteiger partial charge in [-0.3, -0.25) is 9.78 Å². The van der Waals surface area contributed by atoms with Gasteiger partial charge in [-0.2, -0.15) is 0 Å². The molecule has 1 atom stereocenters. The van der Waals surface area contributed by atoms with Crippen LogP contribution in [-0.2, 0) is 0 Å². The zero-order valence-electron chi connectivity index (χ0n) is 8.81. The molecule has 1 amide bonds. The lowest BCUT2D eigenvalue weighted by Gasteiger charge is -2.12. The topological polar surface area (TPSA) is 45.2 Å². The Bertz CT molecular complexity index is 339. The van der Waals surface area contributed by atoms with Crippen LogP contribution in [0.25, 0.3) is 0 Å². The van der Waals surface area contributed by atoms with E-state index < -0.39 is 0 Å². The summed E-state index contributed by atoms with van der Waals surface area (Å²) in [7, 11) is 2.06. The fourth-order valence-electron chi connectivity index (χ4n) is 1.81. The normalized spacial score (nSPS) is 21.5. The summed E-state index contributed by atoms with van der Waals surface area (Å²) < 4.78 is 0. The minimum Gasteiger partial charge on any atom is -0.347 e. The van der Waals surface area contributed by atoms with Gasteiger partial charge in [-0.25, -0.2) is 0 Å². The lowest BCUT2D eigenvalue weighted by molar-refractivity contribution is 0.0933. The molecule has 0 aromatic carbocycles. The third-order valence-electron chi connectivity index (χ3n) is 2.62. The summed E-state index contributed by atoms with van der Waals surface area (Å²) in [6.07, 6.45) is 2.66. The summed E-state index contributed by atoms with van der Waals surface area (Å²) in [5, 5.41) is 2.98. The standard InChI is InChI=1S/C11H15N3O/c1-14-7-5-9(8-14)13-11(15)10-4-2-3-6-12-10/h2-4,6,9H,5,7-8H2,1H3,(H,13,15)/t9-/m1/s1. The Hall–Kier alpha value is -1.42. The molecule has 0 saturated carbocycles. The van der Waals surface area contributed by atoms with Crippen molar-refractivity contribution in [2.45, 2.75) is 12.5 Å². The van der Waals surface area contributed by atoms with E-state index in [0.29, 0.717) is 5.69 Å². The highest BCUT2D eigenvalue weighted by Gasteiger charge is 2.21. The maximum atomic E-state index is 11.7. The van der Waals surface area contributed by atoms with Crippen LogP contribution in [0.3, 0.4) is 0 Å². The molecule has 0 bridgehead atoms. The second-order valence-electron chi connectivity index (χ2n) is 3.94. The number of pyridine rings is 1. The highest BCUT2D eigenvalue weighted by Crippen LogP contribution is 2.06. The van der Waals surface area contributed by atoms with Gasteiger partial charge in [-0.05, 0) is 32.1 Å². The molecule has 1 aromatic rings. The molecule has 1 fully saturated rings. The number of hydrogen-bond donors (Lipinski definition) is 1. The summed E-state index contributed by atoms with van der Waals surface area (Å²) in [6.45, 7) is 1.98. The smallest absolute Gasteiger partial charge is 0.270 e. The van der Waals surface area contributed by atoms with Gasteiger partial charge in [0.1, 0.15) is 5.69 Å². The molecule has 15 heavy (non-hydrogen) atoms. The summed E-state index contributed by atoms with van der Waals surface area (Å²) >= 11 is 0. The summed E-state index contributed by atoms with van der Waals surface area (Å²) in [5.41, 5.74) is 0.493. The third-order valence-corrected chi connectivity index (χ3v) is 2.62. The van der Waals surface area contributed by atoms with Gasteiger partial charge < -0.3 is 10.2 Å². The molecule has 1 aromatic heterocycles. The van der Waals surface area contributed by atoms with E-state index in [-0.39, 0.29) is 11.9 Å². The molecule has 2 rings (SSSR count). The molecule has 0 spiro atoms. The van der Waals surface area contributed by atoms with Gasteiger partial charge in [-0.15, -0.1) is 0 Å². The Morgan fingerprint density at radius 2 is 2.47 bits per heavy atom. The van der Waals surface area contributed by atoms with Crippen LogP contribution in [0.15, 0.2) is 24.4 Å². The third kappa shape index (κ3) is 2.53. The molecule has 4 heteroatoms. The molecule has 2 heterocycles. The lowest BCUT2D eigenvalue weighted by Crippen LogP contribution is -2.36. The summed E-state index contributed by atoms with van der Waals surface area (Å²) in [6, 6.07) is 5.63. The van der Waals surface area contributed by atoms with E-state index in [1.807, 2.05) is 6.07 Å². The number of likely N-dealkylation sites (N-methyl/N-ethyl adjacent to an activating group) is 1. The first-order chi connectivity index (χ1) is 7.25. The Balaban J connectivity index is 1.93. The number of hydrogen-bond acceptors (Lipinski definition) is 3. The van der Waals surface area contributed by atoms with Crippen LogP contribution in [0, 0.1) is 0 Å². The molecule has 0 aliphatic carbocycles. The Labute approximate surface area is 89.3 Å². The van der Waals surface area contributed by atoms with Crippen molar-refractivity contribution in [2.24, 2.45) is 0 Å². The molecule has 1 saturated heterocycles. The van der Waals surface area contributed by atoms with E-state index in [4.69, 9.17) is 0 Å². The van der Waals surface area contributed by atoms with Crippen molar-refractivity contribution in [3.63, 3.8) is 0 Å². The van der Waals surface area contributed by atoms with E-state index in [1.165, 1.54) is 0 Å². The van der Waals surface area contributed by atoms with Crippen LogP contribution in [0.5, 0.6) is 0 Å². The van der Waals surface area contributed by atoms with Crippen molar-refractivity contribution < 1.29 is 4.79 Å². The molecule has 1 aliphatic heterocycles. The van der Waals surface area contributed by atoms with Crippen molar-refractivity contribution in [1.82, 2.24) is 15.2 Å². The maximum Gasteiger partial charge on any atom is 0.270 e. The fraction of sp³-hybridized carbons (Fsp3) is 0.455. The summed E-state index contributed by atoms with van der Waals surface area (Å²) in [4.78, 5) is 17.9. The number of rotatable bonds is 2. The molecular formula is C11H15N3O. The van der Waals surface area contributed by atoms with Gasteiger partial charge in [0.15, 0.2) is 0 Å². The minimum absolute atomic E-state index is 0.0732. The zero-order chi connectivity index (χ0) is 10.7. The van der Waals surface area contributed by atoms with E-state index in [2.05, 4.69) is 22.2 Å². The molecule has 4 nitrogen and oxygen atoms in total. The fourth-order valence-corrected chi connectivity index (χ4v) is 1.81. The molecule has 1 N–H and O–H groups in total. The maximum absolute atomic E-state index is 11.7. The van der Waals surface area contributed by atoms with E-state index in [0.717, 1.165) is 19.5 Å². The first-order valence-electron chi connectivity index (χ1n) is 5.16. The van der Waals surface area contributed by atoms with E-state index in [1.54, 1.807) is 18.3 Å². The van der Waals surface area contributed by atoms with Gasteiger partial charge in [-0.1, -0.05) is 6.07 Å². The van der Waals surface area contributed by atoms with Gasteiger partial charge >= 0.3 is 0 Å². The van der Waals surface area contributed by atoms with Crippen LogP contribution < -0.4 is 5.32 Å². The zero-order valence-corrected chi connectivity index (χ0v) is 8.81. The number of nitrogens with zero attached hydrogens (tertiary/aromatic N) is 2. The Kier molecular flexibility index (Phi) is 2.97. The average molecular weight is 205 g/mol. The van der Waals surface area contributed by atoms with Crippen LogP contribution in [0.4, 0.5) is 0 Å². The van der Waals surface area contributed by atoms with Crippen LogP contribution >= 0.6 is 0 Å². The highest BCUT2D eigenvalue weighted by molar-refractivity contribution is 5.92. The second-order valence-corrected chi connectivity index (χ2v) is 3.94. The van der Waals surface area contributed by atoms with Crippen molar-refractivity contribution in [2.75, 3.05) is 20.1 Å². The quantitative estimate of drug-likeness (QED) is 0.765. The number of carbonyl (C=O) groups is 1. The second kappa shape index (κ2) is 4.40. The molecule has 0 radical (unpaired) electrons. The van der Waals surface area contributed by atoms with Crippen LogP contribution in [-0.4, -0.2) is 42.0 Å². The van der Waals surface area contributed by atoms with Gasteiger partial charge in [0.2, 0.25) is 0 Å². The predicted octanol–water partition coefficient (Wildman–Crippen LogP) is 0.515. The van der Waals surface area contributed by atoms with Gasteiger partial charge in [0.05, 0.1) is 0 Å². The van der Waals surface area contributed by atoms with E-state index >= 15 is 0 Å².